The van der Waals surface area contributed by atoms with Crippen LogP contribution in [0.5, 0.6) is 0 Å². The number of anilines is 1. The predicted molar refractivity (Wildman–Crippen MR) is 69.9 cm³/mol. The molecule has 1 unspecified atom stereocenters. The third kappa shape index (κ3) is 3.41. The second kappa shape index (κ2) is 5.84. The highest BCUT2D eigenvalue weighted by Gasteiger charge is 2.37. The molecule has 0 saturated heterocycles. The second-order valence-electron chi connectivity index (χ2n) is 4.96. The maximum Gasteiger partial charge on any atom is 0.453 e. The predicted octanol–water partition coefficient (Wildman–Crippen LogP) is 2.23. The van der Waals surface area contributed by atoms with Crippen molar-refractivity contribution in [3.8, 4) is 0 Å². The molecule has 0 radical (unpaired) electrons. The molecular formula is C12H16F3N5O. The fourth-order valence-corrected chi connectivity index (χ4v) is 1.81. The average molecular weight is 303 g/mol. The first-order chi connectivity index (χ1) is 9.82. The first-order valence-corrected chi connectivity index (χ1v) is 6.38. The van der Waals surface area contributed by atoms with Crippen molar-refractivity contribution >= 4 is 11.5 Å². The molecule has 2 rings (SSSR count). The third-order valence-corrected chi connectivity index (χ3v) is 3.00. The quantitative estimate of drug-likeness (QED) is 0.917. The Morgan fingerprint density at radius 3 is 2.57 bits per heavy atom. The Morgan fingerprint density at radius 1 is 1.29 bits per heavy atom. The average Bonchev–Trinajstić information content (AvgIpc) is 2.81. The summed E-state index contributed by atoms with van der Waals surface area (Å²) in [5.41, 5.74) is 0.0423. The molecule has 1 N–H and O–H groups in total. The molecule has 0 bridgehead atoms. The number of hydrogen-bond donors (Lipinski definition) is 1. The molecule has 1 atom stereocenters. The van der Waals surface area contributed by atoms with Gasteiger partial charge in [-0.1, -0.05) is 13.8 Å². The SMILES string of the molecule is COCC(Nc1ccc2nnc(C(F)(F)F)n2n1)C(C)C. The van der Waals surface area contributed by atoms with Crippen LogP contribution in [0.1, 0.15) is 19.7 Å². The van der Waals surface area contributed by atoms with Crippen LogP contribution in [0, 0.1) is 5.92 Å². The molecule has 2 heterocycles. The molecule has 0 aromatic carbocycles. The molecule has 0 aliphatic carbocycles. The van der Waals surface area contributed by atoms with Crippen LogP contribution in [0.3, 0.4) is 0 Å². The monoisotopic (exact) mass is 303 g/mol. The van der Waals surface area contributed by atoms with Crippen LogP contribution in [0.2, 0.25) is 0 Å². The second-order valence-corrected chi connectivity index (χ2v) is 4.96. The molecule has 6 nitrogen and oxygen atoms in total. The largest absolute Gasteiger partial charge is 0.453 e. The summed E-state index contributed by atoms with van der Waals surface area (Å²) in [5, 5.41) is 13.6. The van der Waals surface area contributed by atoms with E-state index in [1.165, 1.54) is 6.07 Å². The van der Waals surface area contributed by atoms with Gasteiger partial charge >= 0.3 is 6.18 Å². The summed E-state index contributed by atoms with van der Waals surface area (Å²) >= 11 is 0. The lowest BCUT2D eigenvalue weighted by Crippen LogP contribution is -2.31. The summed E-state index contributed by atoms with van der Waals surface area (Å²) in [6, 6.07) is 2.93. The van der Waals surface area contributed by atoms with Crippen LogP contribution in [-0.4, -0.2) is 39.6 Å². The van der Waals surface area contributed by atoms with Gasteiger partial charge in [0.25, 0.3) is 5.82 Å². The molecule has 2 aromatic rings. The molecule has 0 aliphatic heterocycles. The Kier molecular flexibility index (Phi) is 4.31. The lowest BCUT2D eigenvalue weighted by atomic mass is 10.1. The molecule has 116 valence electrons. The molecule has 0 aliphatic rings. The number of hydrogen-bond acceptors (Lipinski definition) is 5. The lowest BCUT2D eigenvalue weighted by Gasteiger charge is -2.22. The van der Waals surface area contributed by atoms with E-state index in [9.17, 15) is 13.2 Å². The Bertz CT molecular complexity index is 610. The molecule has 9 heteroatoms. The van der Waals surface area contributed by atoms with Crippen molar-refractivity contribution in [2.24, 2.45) is 5.92 Å². The van der Waals surface area contributed by atoms with Gasteiger partial charge in [-0.2, -0.15) is 17.7 Å². The first-order valence-electron chi connectivity index (χ1n) is 6.38. The zero-order valence-electron chi connectivity index (χ0n) is 11.8. The number of nitrogens with zero attached hydrogens (tertiary/aromatic N) is 4. The van der Waals surface area contributed by atoms with Gasteiger partial charge in [0.15, 0.2) is 5.65 Å². The third-order valence-electron chi connectivity index (χ3n) is 3.00. The number of alkyl halides is 3. The maximum absolute atomic E-state index is 12.8. The summed E-state index contributed by atoms with van der Waals surface area (Å²) in [4.78, 5) is 0. The highest BCUT2D eigenvalue weighted by Crippen LogP contribution is 2.27. The number of ether oxygens (including phenoxy) is 1. The smallest absolute Gasteiger partial charge is 0.383 e. The van der Waals surface area contributed by atoms with Gasteiger partial charge in [0.1, 0.15) is 5.82 Å². The van der Waals surface area contributed by atoms with E-state index >= 15 is 0 Å². The number of methoxy groups -OCH3 is 1. The van der Waals surface area contributed by atoms with Crippen molar-refractivity contribution in [2.45, 2.75) is 26.1 Å². The Labute approximate surface area is 119 Å². The van der Waals surface area contributed by atoms with Gasteiger partial charge in [-0.05, 0) is 18.1 Å². The van der Waals surface area contributed by atoms with Gasteiger partial charge < -0.3 is 10.1 Å². The van der Waals surface area contributed by atoms with Crippen molar-refractivity contribution in [3.05, 3.63) is 18.0 Å². The van der Waals surface area contributed by atoms with E-state index < -0.39 is 12.0 Å². The zero-order chi connectivity index (χ0) is 15.6. The van der Waals surface area contributed by atoms with Crippen LogP contribution < -0.4 is 5.32 Å². The van der Waals surface area contributed by atoms with E-state index in [4.69, 9.17) is 4.74 Å². The van der Waals surface area contributed by atoms with Gasteiger partial charge in [0, 0.05) is 7.11 Å². The van der Waals surface area contributed by atoms with E-state index in [-0.39, 0.29) is 17.6 Å². The first kappa shape index (κ1) is 15.5. The molecule has 0 amide bonds. The summed E-state index contributed by atoms with van der Waals surface area (Å²) in [6.07, 6.45) is -4.60. The number of fused-ring (bicyclic) bond motifs is 1. The fourth-order valence-electron chi connectivity index (χ4n) is 1.81. The lowest BCUT2D eigenvalue weighted by molar-refractivity contribution is -0.146. The topological polar surface area (TPSA) is 64.3 Å². The Morgan fingerprint density at radius 2 is 2.00 bits per heavy atom. The minimum Gasteiger partial charge on any atom is -0.383 e. The van der Waals surface area contributed by atoms with Gasteiger partial charge in [0.2, 0.25) is 0 Å². The summed E-state index contributed by atoms with van der Waals surface area (Å²) in [5.74, 6) is -0.608. The van der Waals surface area contributed by atoms with Crippen LogP contribution in [0.25, 0.3) is 5.65 Å². The van der Waals surface area contributed by atoms with E-state index in [0.717, 1.165) is 0 Å². The molecule has 21 heavy (non-hydrogen) atoms. The Balaban J connectivity index is 2.33. The summed E-state index contributed by atoms with van der Waals surface area (Å²) < 4.78 is 44.1. The highest BCUT2D eigenvalue weighted by atomic mass is 19.4. The number of halogens is 3. The standard InChI is InChI=1S/C12H16F3N5O/c1-7(2)8(6-21-3)16-9-4-5-10-17-18-11(12(13,14)15)20(10)19-9/h4-5,7-8H,6H2,1-3H3,(H,16,19). The molecular weight excluding hydrogens is 287 g/mol. The van der Waals surface area contributed by atoms with E-state index in [1.54, 1.807) is 13.2 Å². The maximum atomic E-state index is 12.8. The van der Waals surface area contributed by atoms with Gasteiger partial charge in [-0.25, -0.2) is 0 Å². The molecule has 0 saturated carbocycles. The Hall–Kier alpha value is -1.90. The van der Waals surface area contributed by atoms with Crippen molar-refractivity contribution in [1.82, 2.24) is 19.8 Å². The summed E-state index contributed by atoms with van der Waals surface area (Å²) in [7, 11) is 1.56. The van der Waals surface area contributed by atoms with Gasteiger partial charge in [-0.15, -0.1) is 15.3 Å². The van der Waals surface area contributed by atoms with E-state index in [2.05, 4.69) is 20.6 Å². The van der Waals surface area contributed by atoms with Crippen molar-refractivity contribution in [2.75, 3.05) is 19.0 Å². The number of rotatable bonds is 5. The van der Waals surface area contributed by atoms with E-state index in [1.807, 2.05) is 13.8 Å². The van der Waals surface area contributed by atoms with Crippen molar-refractivity contribution < 1.29 is 17.9 Å². The minimum absolute atomic E-state index is 0.0423. The molecule has 0 fully saturated rings. The zero-order valence-corrected chi connectivity index (χ0v) is 11.8. The minimum atomic E-state index is -4.60. The van der Waals surface area contributed by atoms with Crippen LogP contribution >= 0.6 is 0 Å². The number of nitrogens with one attached hydrogen (secondary N) is 1. The number of aromatic nitrogens is 4. The highest BCUT2D eigenvalue weighted by molar-refractivity contribution is 5.44. The molecule has 2 aromatic heterocycles. The van der Waals surface area contributed by atoms with Gasteiger partial charge in [0.05, 0.1) is 12.6 Å². The van der Waals surface area contributed by atoms with E-state index in [0.29, 0.717) is 16.9 Å². The molecule has 0 spiro atoms. The summed E-state index contributed by atoms with van der Waals surface area (Å²) in [6.45, 7) is 4.38. The fraction of sp³-hybridized carbons (Fsp3) is 0.583. The normalized spacial score (nSPS) is 13.9. The van der Waals surface area contributed by atoms with Crippen LogP contribution in [0.15, 0.2) is 12.1 Å². The van der Waals surface area contributed by atoms with Crippen molar-refractivity contribution in [3.63, 3.8) is 0 Å². The van der Waals surface area contributed by atoms with Crippen LogP contribution in [0.4, 0.5) is 19.0 Å². The van der Waals surface area contributed by atoms with Crippen molar-refractivity contribution in [1.29, 1.82) is 0 Å². The van der Waals surface area contributed by atoms with Crippen LogP contribution in [-0.2, 0) is 10.9 Å². The van der Waals surface area contributed by atoms with Gasteiger partial charge in [-0.3, -0.25) is 0 Å².